The van der Waals surface area contributed by atoms with E-state index < -0.39 is 0 Å². The number of fused-ring (bicyclic) bond motifs is 1. The van der Waals surface area contributed by atoms with Crippen molar-refractivity contribution in [2.75, 3.05) is 17.2 Å². The Morgan fingerprint density at radius 1 is 1.30 bits per heavy atom. The first-order valence-electron chi connectivity index (χ1n) is 11.2. The van der Waals surface area contributed by atoms with Crippen LogP contribution in [0.3, 0.4) is 0 Å². The molecule has 3 heterocycles. The zero-order valence-corrected chi connectivity index (χ0v) is 19.1. The smallest absolute Gasteiger partial charge is 0.274 e. The number of aryl methyl sites for hydroxylation is 1. The predicted octanol–water partition coefficient (Wildman–Crippen LogP) is 3.78. The van der Waals surface area contributed by atoms with Crippen molar-refractivity contribution in [1.29, 1.82) is 5.26 Å². The third-order valence-electron chi connectivity index (χ3n) is 6.96. The molecule has 8 heteroatoms. The number of pyridine rings is 1. The molecule has 0 bridgehead atoms. The van der Waals surface area contributed by atoms with Crippen molar-refractivity contribution in [2.45, 2.75) is 43.9 Å². The van der Waals surface area contributed by atoms with Gasteiger partial charge in [-0.25, -0.2) is 4.98 Å². The molecule has 2 aliphatic rings. The monoisotopic (exact) mass is 441 g/mol. The van der Waals surface area contributed by atoms with Crippen LogP contribution in [0.4, 0.5) is 11.4 Å². The quantitative estimate of drug-likeness (QED) is 0.624. The highest BCUT2D eigenvalue weighted by Crippen LogP contribution is 2.53. The van der Waals surface area contributed by atoms with Crippen molar-refractivity contribution >= 4 is 17.3 Å². The molecule has 8 nitrogen and oxygen atoms in total. The zero-order valence-electron chi connectivity index (χ0n) is 19.1. The molecule has 2 aromatic heterocycles. The molecule has 1 amide bonds. The Kier molecular flexibility index (Phi) is 4.93. The minimum atomic E-state index is -0.310. The molecule has 33 heavy (non-hydrogen) atoms. The number of benzene rings is 1. The number of rotatable bonds is 5. The number of hydrogen-bond donors (Lipinski definition) is 2. The summed E-state index contributed by atoms with van der Waals surface area (Å²) in [4.78, 5) is 17.7. The van der Waals surface area contributed by atoms with Crippen LogP contribution in [0.5, 0.6) is 0 Å². The van der Waals surface area contributed by atoms with Gasteiger partial charge in [-0.2, -0.15) is 5.26 Å². The van der Waals surface area contributed by atoms with Crippen molar-refractivity contribution in [3.05, 3.63) is 65.5 Å². The summed E-state index contributed by atoms with van der Waals surface area (Å²) in [6.07, 6.45) is 3.90. The lowest BCUT2D eigenvalue weighted by Gasteiger charge is -2.46. The first-order valence-corrected chi connectivity index (χ1v) is 11.2. The van der Waals surface area contributed by atoms with Crippen LogP contribution in [0.25, 0.3) is 0 Å². The van der Waals surface area contributed by atoms with Gasteiger partial charge in [0.15, 0.2) is 0 Å². The van der Waals surface area contributed by atoms with E-state index >= 15 is 0 Å². The number of anilines is 2. The Bertz CT molecular complexity index is 1260. The SMILES string of the molecule is Cn1cnnc1C1(c2cccc(NC(=O)c3ccc4c(n3)C(C)(C)CN4)c2)CC(CC#N)C1. The van der Waals surface area contributed by atoms with Crippen molar-refractivity contribution < 1.29 is 4.79 Å². The molecule has 2 N–H and O–H groups in total. The van der Waals surface area contributed by atoms with Gasteiger partial charge in [-0.1, -0.05) is 26.0 Å². The number of nitrogens with one attached hydrogen (secondary N) is 2. The lowest BCUT2D eigenvalue weighted by Crippen LogP contribution is -2.44. The van der Waals surface area contributed by atoms with Crippen molar-refractivity contribution in [3.8, 4) is 6.07 Å². The standard InChI is InChI=1S/C25H27N7O/c1-24(2)14-27-19-7-8-20(30-21(19)24)22(33)29-18-6-4-5-17(11-18)25(12-16(13-25)9-10-26)23-31-28-15-32(23)3/h4-8,11,15-16,27H,9,12-14H2,1-3H3,(H,29,33). The Labute approximate surface area is 193 Å². The molecule has 0 spiro atoms. The number of nitriles is 1. The number of hydrogen-bond acceptors (Lipinski definition) is 6. The number of nitrogens with zero attached hydrogens (tertiary/aromatic N) is 5. The molecular formula is C25H27N7O. The Hall–Kier alpha value is -3.73. The highest BCUT2D eigenvalue weighted by Gasteiger charge is 2.49. The zero-order chi connectivity index (χ0) is 23.2. The third kappa shape index (κ3) is 3.54. The van der Waals surface area contributed by atoms with Crippen LogP contribution in [-0.2, 0) is 17.9 Å². The lowest BCUT2D eigenvalue weighted by molar-refractivity contribution is 0.102. The van der Waals surface area contributed by atoms with Gasteiger partial charge in [0.1, 0.15) is 17.8 Å². The van der Waals surface area contributed by atoms with Gasteiger partial charge in [0, 0.05) is 31.1 Å². The van der Waals surface area contributed by atoms with E-state index in [4.69, 9.17) is 5.26 Å². The summed E-state index contributed by atoms with van der Waals surface area (Å²) in [6.45, 7) is 5.04. The predicted molar refractivity (Wildman–Crippen MR) is 125 cm³/mol. The topological polar surface area (TPSA) is 109 Å². The van der Waals surface area contributed by atoms with E-state index in [1.54, 1.807) is 12.4 Å². The summed E-state index contributed by atoms with van der Waals surface area (Å²) < 4.78 is 1.94. The minimum absolute atomic E-state index is 0.113. The van der Waals surface area contributed by atoms with E-state index in [-0.39, 0.29) is 16.7 Å². The van der Waals surface area contributed by atoms with E-state index in [1.807, 2.05) is 35.9 Å². The van der Waals surface area contributed by atoms with Gasteiger partial charge in [0.25, 0.3) is 5.91 Å². The van der Waals surface area contributed by atoms with E-state index in [0.717, 1.165) is 42.2 Å². The molecule has 168 valence electrons. The second-order valence-corrected chi connectivity index (χ2v) is 9.85. The molecule has 1 aromatic carbocycles. The van der Waals surface area contributed by atoms with Crippen molar-refractivity contribution in [2.24, 2.45) is 13.0 Å². The summed E-state index contributed by atoms with van der Waals surface area (Å²) in [5.74, 6) is 0.981. The molecule has 1 aliphatic carbocycles. The van der Waals surface area contributed by atoms with Gasteiger partial charge in [0.05, 0.1) is 22.9 Å². The first kappa shape index (κ1) is 21.1. The van der Waals surface area contributed by atoms with Gasteiger partial charge in [0.2, 0.25) is 0 Å². The van der Waals surface area contributed by atoms with Gasteiger partial charge < -0.3 is 15.2 Å². The van der Waals surface area contributed by atoms with Crippen molar-refractivity contribution in [1.82, 2.24) is 19.7 Å². The van der Waals surface area contributed by atoms with Gasteiger partial charge in [-0.05, 0) is 48.6 Å². The van der Waals surface area contributed by atoms with Gasteiger partial charge >= 0.3 is 0 Å². The minimum Gasteiger partial charge on any atom is -0.383 e. The summed E-state index contributed by atoms with van der Waals surface area (Å²) in [5, 5.41) is 24.0. The molecule has 0 saturated heterocycles. The molecule has 1 aliphatic heterocycles. The summed E-state index contributed by atoms with van der Waals surface area (Å²) >= 11 is 0. The van der Waals surface area contributed by atoms with E-state index in [2.05, 4.69) is 51.8 Å². The number of carbonyl (C=O) groups is 1. The van der Waals surface area contributed by atoms with Gasteiger partial charge in [-0.15, -0.1) is 10.2 Å². The average Bonchev–Trinajstić information content (AvgIpc) is 3.33. The fraction of sp³-hybridized carbons (Fsp3) is 0.400. The fourth-order valence-corrected chi connectivity index (χ4v) is 5.20. The van der Waals surface area contributed by atoms with Crippen LogP contribution in [-0.4, -0.2) is 32.2 Å². The molecule has 0 radical (unpaired) electrons. The van der Waals surface area contributed by atoms with Gasteiger partial charge in [-0.3, -0.25) is 4.79 Å². The molecule has 0 unspecified atom stereocenters. The van der Waals surface area contributed by atoms with E-state index in [1.165, 1.54) is 0 Å². The molecule has 5 rings (SSSR count). The van der Waals surface area contributed by atoms with Crippen LogP contribution in [0.2, 0.25) is 0 Å². The molecule has 1 saturated carbocycles. The molecule has 1 fully saturated rings. The first-order chi connectivity index (χ1) is 15.8. The lowest BCUT2D eigenvalue weighted by atomic mass is 9.57. The van der Waals surface area contributed by atoms with E-state index in [0.29, 0.717) is 23.7 Å². The van der Waals surface area contributed by atoms with E-state index in [9.17, 15) is 4.79 Å². The van der Waals surface area contributed by atoms with Crippen LogP contribution >= 0.6 is 0 Å². The summed E-state index contributed by atoms with van der Waals surface area (Å²) in [5.41, 5.74) is 3.66. The third-order valence-corrected chi connectivity index (χ3v) is 6.96. The maximum atomic E-state index is 13.0. The second kappa shape index (κ2) is 7.69. The van der Waals surface area contributed by atoms with Crippen LogP contribution in [0.15, 0.2) is 42.7 Å². The Morgan fingerprint density at radius 2 is 2.12 bits per heavy atom. The highest BCUT2D eigenvalue weighted by molar-refractivity contribution is 6.03. The number of carbonyl (C=O) groups excluding carboxylic acids is 1. The second-order valence-electron chi connectivity index (χ2n) is 9.85. The summed E-state index contributed by atoms with van der Waals surface area (Å²) in [6, 6.07) is 13.9. The van der Waals surface area contributed by atoms with Crippen LogP contribution < -0.4 is 10.6 Å². The molecule has 0 atom stereocenters. The summed E-state index contributed by atoms with van der Waals surface area (Å²) in [7, 11) is 1.94. The number of aromatic nitrogens is 4. The molecule has 3 aromatic rings. The maximum Gasteiger partial charge on any atom is 0.274 e. The molecular weight excluding hydrogens is 414 g/mol. The fourth-order valence-electron chi connectivity index (χ4n) is 5.20. The maximum absolute atomic E-state index is 13.0. The van der Waals surface area contributed by atoms with Crippen LogP contribution in [0, 0.1) is 17.2 Å². The normalized spacial score (nSPS) is 22.5. The Morgan fingerprint density at radius 3 is 2.85 bits per heavy atom. The van der Waals surface area contributed by atoms with Crippen LogP contribution in [0.1, 0.15) is 60.7 Å². The average molecular weight is 442 g/mol. The van der Waals surface area contributed by atoms with Crippen molar-refractivity contribution in [3.63, 3.8) is 0 Å². The highest BCUT2D eigenvalue weighted by atomic mass is 16.1. The Balaban J connectivity index is 1.42. The number of amides is 1. The largest absolute Gasteiger partial charge is 0.383 e.